The topological polar surface area (TPSA) is 58.6 Å². The van der Waals surface area contributed by atoms with Crippen LogP contribution in [0.15, 0.2) is 53.4 Å². The fraction of sp³-hybridized carbons (Fsp3) is 0.429. The molecule has 1 aliphatic carbocycles. The maximum absolute atomic E-state index is 12.9. The lowest BCUT2D eigenvalue weighted by Gasteiger charge is -2.31. The summed E-state index contributed by atoms with van der Waals surface area (Å²) in [4.78, 5) is 2.48. The summed E-state index contributed by atoms with van der Waals surface area (Å²) < 4.78 is 33.8. The molecule has 0 spiro atoms. The van der Waals surface area contributed by atoms with Crippen LogP contribution in [0.25, 0.3) is 0 Å². The fourth-order valence-electron chi connectivity index (χ4n) is 3.72. The van der Waals surface area contributed by atoms with Gasteiger partial charge in [-0.1, -0.05) is 49.6 Å². The van der Waals surface area contributed by atoms with Gasteiger partial charge in [0.2, 0.25) is 0 Å². The zero-order valence-electron chi connectivity index (χ0n) is 16.0. The van der Waals surface area contributed by atoms with Crippen molar-refractivity contribution >= 4 is 15.7 Å². The molecule has 0 saturated heterocycles. The van der Waals surface area contributed by atoms with Gasteiger partial charge in [-0.3, -0.25) is 9.62 Å². The van der Waals surface area contributed by atoms with Crippen LogP contribution < -0.4 is 9.46 Å². The molecule has 27 heavy (non-hydrogen) atoms. The van der Waals surface area contributed by atoms with Gasteiger partial charge in [-0.25, -0.2) is 8.42 Å². The van der Waals surface area contributed by atoms with E-state index in [4.69, 9.17) is 4.74 Å². The molecule has 3 rings (SSSR count). The number of sulfonamides is 1. The van der Waals surface area contributed by atoms with Crippen molar-refractivity contribution < 1.29 is 13.2 Å². The molecule has 0 heterocycles. The van der Waals surface area contributed by atoms with Gasteiger partial charge in [0.05, 0.1) is 12.8 Å². The Bertz CT molecular complexity index is 861. The number of ether oxygens (including phenoxy) is 1. The normalized spacial score (nSPS) is 15.7. The zero-order valence-corrected chi connectivity index (χ0v) is 16.8. The highest BCUT2D eigenvalue weighted by molar-refractivity contribution is 7.92. The van der Waals surface area contributed by atoms with E-state index in [1.165, 1.54) is 39.2 Å². The van der Waals surface area contributed by atoms with Crippen molar-refractivity contribution in [3.63, 3.8) is 0 Å². The standard InChI is InChI=1S/C21H28N2O3S/c1-23(18-11-4-3-5-12-18)16-17-10-6-7-13-19(17)22-27(24,25)21-15-9-8-14-20(21)26-2/h6-10,13-15,18,22H,3-5,11-12,16H2,1-2H3. The van der Waals surface area contributed by atoms with Gasteiger partial charge < -0.3 is 4.74 Å². The number of hydrogen-bond donors (Lipinski definition) is 1. The summed E-state index contributed by atoms with van der Waals surface area (Å²) in [5.41, 5.74) is 1.59. The van der Waals surface area contributed by atoms with Gasteiger partial charge in [0.25, 0.3) is 10.0 Å². The second-order valence-corrected chi connectivity index (χ2v) is 8.77. The quantitative estimate of drug-likeness (QED) is 0.770. The van der Waals surface area contributed by atoms with Gasteiger partial charge in [0, 0.05) is 12.6 Å². The van der Waals surface area contributed by atoms with E-state index < -0.39 is 10.0 Å². The molecular weight excluding hydrogens is 360 g/mol. The van der Waals surface area contributed by atoms with Gasteiger partial charge in [0.15, 0.2) is 0 Å². The van der Waals surface area contributed by atoms with Gasteiger partial charge in [0.1, 0.15) is 10.6 Å². The molecule has 2 aromatic rings. The lowest BCUT2D eigenvalue weighted by Crippen LogP contribution is -2.33. The Kier molecular flexibility index (Phi) is 6.39. The molecule has 0 unspecified atom stereocenters. The summed E-state index contributed by atoms with van der Waals surface area (Å²) in [6, 6.07) is 14.8. The third-order valence-electron chi connectivity index (χ3n) is 5.24. The summed E-state index contributed by atoms with van der Waals surface area (Å²) in [6.45, 7) is 0.718. The molecule has 0 radical (unpaired) electrons. The van der Waals surface area contributed by atoms with Crippen LogP contribution >= 0.6 is 0 Å². The van der Waals surface area contributed by atoms with Gasteiger partial charge in [-0.05, 0) is 43.7 Å². The number of methoxy groups -OCH3 is 1. The molecule has 6 heteroatoms. The Morgan fingerprint density at radius 2 is 1.70 bits per heavy atom. The molecule has 5 nitrogen and oxygen atoms in total. The minimum atomic E-state index is -3.73. The first kappa shape index (κ1) is 19.7. The number of rotatable bonds is 7. The summed E-state index contributed by atoms with van der Waals surface area (Å²) in [7, 11) is -0.133. The van der Waals surface area contributed by atoms with Crippen LogP contribution in [0.3, 0.4) is 0 Å². The summed E-state index contributed by atoms with van der Waals surface area (Å²) in [5, 5.41) is 0. The fourth-order valence-corrected chi connectivity index (χ4v) is 4.99. The van der Waals surface area contributed by atoms with Crippen molar-refractivity contribution in [2.45, 2.75) is 49.6 Å². The Hall–Kier alpha value is -2.05. The molecule has 0 aliphatic heterocycles. The van der Waals surface area contributed by atoms with Gasteiger partial charge in [-0.2, -0.15) is 0 Å². The maximum Gasteiger partial charge on any atom is 0.265 e. The average molecular weight is 389 g/mol. The molecule has 1 N–H and O–H groups in total. The van der Waals surface area contributed by atoms with Crippen molar-refractivity contribution in [2.75, 3.05) is 18.9 Å². The first-order chi connectivity index (χ1) is 13.0. The molecule has 0 amide bonds. The molecule has 146 valence electrons. The van der Waals surface area contributed by atoms with Gasteiger partial charge in [-0.15, -0.1) is 0 Å². The van der Waals surface area contributed by atoms with Crippen LogP contribution in [0, 0.1) is 0 Å². The molecule has 1 aliphatic rings. The molecule has 0 bridgehead atoms. The lowest BCUT2D eigenvalue weighted by molar-refractivity contribution is 0.185. The minimum absolute atomic E-state index is 0.142. The van der Waals surface area contributed by atoms with E-state index in [1.54, 1.807) is 24.3 Å². The van der Waals surface area contributed by atoms with E-state index in [-0.39, 0.29) is 4.90 Å². The lowest BCUT2D eigenvalue weighted by atomic mass is 9.94. The Balaban J connectivity index is 1.81. The average Bonchev–Trinajstić information content (AvgIpc) is 2.70. The van der Waals surface area contributed by atoms with E-state index >= 15 is 0 Å². The first-order valence-corrected chi connectivity index (χ1v) is 10.9. The largest absolute Gasteiger partial charge is 0.495 e. The number of benzene rings is 2. The maximum atomic E-state index is 12.9. The van der Waals surface area contributed by atoms with E-state index in [0.717, 1.165) is 12.1 Å². The molecule has 0 atom stereocenters. The van der Waals surface area contributed by atoms with Crippen LogP contribution in [-0.4, -0.2) is 33.5 Å². The van der Waals surface area contributed by atoms with E-state index in [0.29, 0.717) is 17.5 Å². The third-order valence-corrected chi connectivity index (χ3v) is 6.64. The zero-order chi connectivity index (χ0) is 19.3. The highest BCUT2D eigenvalue weighted by atomic mass is 32.2. The van der Waals surface area contributed by atoms with Crippen LogP contribution in [0.4, 0.5) is 5.69 Å². The highest BCUT2D eigenvalue weighted by Crippen LogP contribution is 2.28. The van der Waals surface area contributed by atoms with Crippen LogP contribution in [0.5, 0.6) is 5.75 Å². The number of nitrogens with one attached hydrogen (secondary N) is 1. The number of hydrogen-bond acceptors (Lipinski definition) is 4. The van der Waals surface area contributed by atoms with E-state index in [1.807, 2.05) is 24.3 Å². The Labute approximate surface area is 162 Å². The van der Waals surface area contributed by atoms with Crippen molar-refractivity contribution in [3.8, 4) is 5.75 Å². The van der Waals surface area contributed by atoms with Crippen molar-refractivity contribution in [3.05, 3.63) is 54.1 Å². The molecule has 2 aromatic carbocycles. The predicted octanol–water partition coefficient (Wildman–Crippen LogP) is 4.26. The highest BCUT2D eigenvalue weighted by Gasteiger charge is 2.22. The Morgan fingerprint density at radius 1 is 1.04 bits per heavy atom. The van der Waals surface area contributed by atoms with E-state index in [9.17, 15) is 8.42 Å². The molecule has 1 fully saturated rings. The van der Waals surface area contributed by atoms with Gasteiger partial charge >= 0.3 is 0 Å². The molecular formula is C21H28N2O3S. The minimum Gasteiger partial charge on any atom is -0.495 e. The Morgan fingerprint density at radius 3 is 2.44 bits per heavy atom. The number of anilines is 1. The SMILES string of the molecule is COc1ccccc1S(=O)(=O)Nc1ccccc1CN(C)C1CCCCC1. The number of nitrogens with zero attached hydrogens (tertiary/aromatic N) is 1. The third kappa shape index (κ3) is 4.82. The van der Waals surface area contributed by atoms with Crippen molar-refractivity contribution in [1.29, 1.82) is 0 Å². The summed E-state index contributed by atoms with van der Waals surface area (Å²) in [6.07, 6.45) is 6.30. The van der Waals surface area contributed by atoms with E-state index in [2.05, 4.69) is 16.7 Å². The molecule has 1 saturated carbocycles. The molecule has 0 aromatic heterocycles. The predicted molar refractivity (Wildman–Crippen MR) is 109 cm³/mol. The van der Waals surface area contributed by atoms with Crippen molar-refractivity contribution in [1.82, 2.24) is 4.90 Å². The van der Waals surface area contributed by atoms with Crippen molar-refractivity contribution in [2.24, 2.45) is 0 Å². The van der Waals surface area contributed by atoms with Crippen LogP contribution in [-0.2, 0) is 16.6 Å². The second-order valence-electron chi connectivity index (χ2n) is 7.12. The monoisotopic (exact) mass is 388 g/mol. The number of para-hydroxylation sites is 2. The second kappa shape index (κ2) is 8.76. The van der Waals surface area contributed by atoms with Crippen LogP contribution in [0.1, 0.15) is 37.7 Å². The smallest absolute Gasteiger partial charge is 0.265 e. The summed E-state index contributed by atoms with van der Waals surface area (Å²) >= 11 is 0. The summed E-state index contributed by atoms with van der Waals surface area (Å²) in [5.74, 6) is 0.335. The first-order valence-electron chi connectivity index (χ1n) is 9.45. The van der Waals surface area contributed by atoms with Crippen LogP contribution in [0.2, 0.25) is 0 Å².